The molecule has 26 heavy (non-hydrogen) atoms. The van der Waals surface area contributed by atoms with Gasteiger partial charge in [-0.3, -0.25) is 4.79 Å². The average Bonchev–Trinajstić information content (AvgIpc) is 2.69. The molecule has 1 aromatic carbocycles. The summed E-state index contributed by atoms with van der Waals surface area (Å²) in [5.41, 5.74) is 0.408. The first-order chi connectivity index (χ1) is 12.5. The minimum absolute atomic E-state index is 0.0907. The van der Waals surface area contributed by atoms with Gasteiger partial charge in [0.05, 0.1) is 17.7 Å². The van der Waals surface area contributed by atoms with Crippen LogP contribution in [0.5, 0.6) is 5.75 Å². The molecule has 1 aromatic rings. The van der Waals surface area contributed by atoms with Crippen molar-refractivity contribution in [3.05, 3.63) is 30.4 Å². The molecule has 1 aliphatic heterocycles. The standard InChI is InChI=1S/C19H26N2O4S/c1-25-18-11-10-16(26(23,24)21-12-6-3-7-13-21)14-17(18)20-19(22)15-8-4-2-5-9-15/h2,4,10-11,14-15H,3,5-9,12-13H2,1H3,(H,20,22). The molecule has 0 saturated carbocycles. The molecule has 1 saturated heterocycles. The fourth-order valence-electron chi connectivity index (χ4n) is 3.47. The Balaban J connectivity index is 1.84. The van der Waals surface area contributed by atoms with Gasteiger partial charge in [0.15, 0.2) is 0 Å². The van der Waals surface area contributed by atoms with Gasteiger partial charge in [-0.2, -0.15) is 4.31 Å². The fraction of sp³-hybridized carbons (Fsp3) is 0.526. The molecule has 1 heterocycles. The molecule has 0 aromatic heterocycles. The summed E-state index contributed by atoms with van der Waals surface area (Å²) in [5, 5.41) is 2.87. The summed E-state index contributed by atoms with van der Waals surface area (Å²) in [6.45, 7) is 1.09. The van der Waals surface area contributed by atoms with E-state index in [2.05, 4.69) is 11.4 Å². The van der Waals surface area contributed by atoms with Crippen LogP contribution in [-0.4, -0.2) is 38.8 Å². The van der Waals surface area contributed by atoms with E-state index >= 15 is 0 Å². The second-order valence-corrected chi connectivity index (χ2v) is 8.74. The van der Waals surface area contributed by atoms with Crippen molar-refractivity contribution < 1.29 is 17.9 Å². The zero-order valence-corrected chi connectivity index (χ0v) is 15.9. The third kappa shape index (κ3) is 4.10. The maximum Gasteiger partial charge on any atom is 0.243 e. The minimum Gasteiger partial charge on any atom is -0.495 e. The van der Waals surface area contributed by atoms with Crippen molar-refractivity contribution in [3.63, 3.8) is 0 Å². The third-order valence-electron chi connectivity index (χ3n) is 5.02. The Labute approximate surface area is 155 Å². The van der Waals surface area contributed by atoms with Crippen LogP contribution < -0.4 is 10.1 Å². The van der Waals surface area contributed by atoms with E-state index < -0.39 is 10.0 Å². The number of nitrogens with one attached hydrogen (secondary N) is 1. The molecule has 142 valence electrons. The van der Waals surface area contributed by atoms with E-state index in [-0.39, 0.29) is 16.7 Å². The van der Waals surface area contributed by atoms with Gasteiger partial charge in [0.1, 0.15) is 5.75 Å². The second kappa shape index (κ2) is 8.22. The van der Waals surface area contributed by atoms with Crippen molar-refractivity contribution in [3.8, 4) is 5.75 Å². The Morgan fingerprint density at radius 2 is 1.96 bits per heavy atom. The lowest BCUT2D eigenvalue weighted by Crippen LogP contribution is -2.35. The van der Waals surface area contributed by atoms with Crippen molar-refractivity contribution >= 4 is 21.6 Å². The number of piperidine rings is 1. The van der Waals surface area contributed by atoms with E-state index in [1.54, 1.807) is 12.1 Å². The lowest BCUT2D eigenvalue weighted by molar-refractivity contribution is -0.120. The van der Waals surface area contributed by atoms with Crippen molar-refractivity contribution in [2.45, 2.75) is 43.4 Å². The molecular weight excluding hydrogens is 352 g/mol. The number of ether oxygens (including phenoxy) is 1. The molecule has 1 fully saturated rings. The van der Waals surface area contributed by atoms with E-state index in [1.807, 2.05) is 6.08 Å². The van der Waals surface area contributed by atoms with Crippen LogP contribution in [-0.2, 0) is 14.8 Å². The molecule has 1 amide bonds. The lowest BCUT2D eigenvalue weighted by Gasteiger charge is -2.26. The SMILES string of the molecule is COc1ccc(S(=O)(=O)N2CCCCC2)cc1NC(=O)C1CC=CCC1. The van der Waals surface area contributed by atoms with Crippen LogP contribution in [0.25, 0.3) is 0 Å². The van der Waals surface area contributed by atoms with Gasteiger partial charge in [-0.15, -0.1) is 0 Å². The first kappa shape index (κ1) is 18.9. The van der Waals surface area contributed by atoms with Crippen LogP contribution in [0.15, 0.2) is 35.2 Å². The monoisotopic (exact) mass is 378 g/mol. The van der Waals surface area contributed by atoms with Crippen molar-refractivity contribution in [2.24, 2.45) is 5.92 Å². The number of nitrogens with zero attached hydrogens (tertiary/aromatic N) is 1. The molecule has 0 spiro atoms. The Bertz CT molecular complexity index is 783. The van der Waals surface area contributed by atoms with Gasteiger partial charge < -0.3 is 10.1 Å². The number of hydrogen-bond donors (Lipinski definition) is 1. The molecule has 1 unspecified atom stereocenters. The summed E-state index contributed by atoms with van der Waals surface area (Å²) >= 11 is 0. The summed E-state index contributed by atoms with van der Waals surface area (Å²) in [6.07, 6.45) is 9.32. The first-order valence-corrected chi connectivity index (χ1v) is 10.6. The van der Waals surface area contributed by atoms with Gasteiger partial charge in [0, 0.05) is 19.0 Å². The Hall–Kier alpha value is -1.86. The minimum atomic E-state index is -3.55. The number of anilines is 1. The summed E-state index contributed by atoms with van der Waals surface area (Å²) in [5.74, 6) is 0.273. The van der Waals surface area contributed by atoms with Gasteiger partial charge in [0.25, 0.3) is 0 Å². The first-order valence-electron chi connectivity index (χ1n) is 9.16. The van der Waals surface area contributed by atoms with Gasteiger partial charge >= 0.3 is 0 Å². The predicted molar refractivity (Wildman–Crippen MR) is 101 cm³/mol. The lowest BCUT2D eigenvalue weighted by atomic mass is 9.93. The molecule has 1 N–H and O–H groups in total. The van der Waals surface area contributed by atoms with Crippen molar-refractivity contribution in [2.75, 3.05) is 25.5 Å². The van der Waals surface area contributed by atoms with Crippen molar-refractivity contribution in [1.29, 1.82) is 0 Å². The zero-order valence-electron chi connectivity index (χ0n) is 15.1. The highest BCUT2D eigenvalue weighted by Gasteiger charge is 2.27. The molecule has 3 rings (SSSR count). The van der Waals surface area contributed by atoms with Crippen LogP contribution in [0.3, 0.4) is 0 Å². The number of benzene rings is 1. The highest BCUT2D eigenvalue weighted by Crippen LogP contribution is 2.31. The summed E-state index contributed by atoms with van der Waals surface area (Å²) < 4.78 is 32.6. The fourth-order valence-corrected chi connectivity index (χ4v) is 5.01. The largest absolute Gasteiger partial charge is 0.495 e. The van der Waals surface area contributed by atoms with Gasteiger partial charge in [-0.05, 0) is 50.3 Å². The summed E-state index contributed by atoms with van der Waals surface area (Å²) in [4.78, 5) is 12.7. The van der Waals surface area contributed by atoms with E-state index in [9.17, 15) is 13.2 Å². The Morgan fingerprint density at radius 1 is 1.19 bits per heavy atom. The Kier molecular flexibility index (Phi) is 5.98. The highest BCUT2D eigenvalue weighted by atomic mass is 32.2. The molecule has 6 nitrogen and oxygen atoms in total. The topological polar surface area (TPSA) is 75.7 Å². The number of carbonyl (C=O) groups is 1. The number of rotatable bonds is 5. The molecule has 1 aliphatic carbocycles. The highest BCUT2D eigenvalue weighted by molar-refractivity contribution is 7.89. The van der Waals surface area contributed by atoms with Crippen LogP contribution >= 0.6 is 0 Å². The Morgan fingerprint density at radius 3 is 2.62 bits per heavy atom. The number of sulfonamides is 1. The van der Waals surface area contributed by atoms with E-state index in [1.165, 1.54) is 17.5 Å². The quantitative estimate of drug-likeness (QED) is 0.799. The molecular formula is C19H26N2O4S. The normalized spacial score (nSPS) is 21.3. The van der Waals surface area contributed by atoms with Gasteiger partial charge in [-0.25, -0.2) is 8.42 Å². The molecule has 2 aliphatic rings. The molecule has 0 radical (unpaired) electrons. The van der Waals surface area contributed by atoms with Crippen LogP contribution in [0.4, 0.5) is 5.69 Å². The van der Waals surface area contributed by atoms with Gasteiger partial charge in [-0.1, -0.05) is 18.6 Å². The average molecular weight is 378 g/mol. The summed E-state index contributed by atoms with van der Waals surface area (Å²) in [7, 11) is -2.05. The van der Waals surface area contributed by atoms with E-state index in [0.29, 0.717) is 30.9 Å². The van der Waals surface area contributed by atoms with Crippen LogP contribution in [0.1, 0.15) is 38.5 Å². The van der Waals surface area contributed by atoms with Gasteiger partial charge in [0.2, 0.25) is 15.9 Å². The molecule has 1 atom stereocenters. The number of amides is 1. The summed E-state index contributed by atoms with van der Waals surface area (Å²) in [6, 6.07) is 4.66. The number of carbonyl (C=O) groups excluding carboxylic acids is 1. The molecule has 0 bridgehead atoms. The number of hydrogen-bond acceptors (Lipinski definition) is 4. The van der Waals surface area contributed by atoms with Crippen molar-refractivity contribution in [1.82, 2.24) is 4.31 Å². The second-order valence-electron chi connectivity index (χ2n) is 6.80. The van der Waals surface area contributed by atoms with Crippen LogP contribution in [0, 0.1) is 5.92 Å². The smallest absolute Gasteiger partial charge is 0.243 e. The number of methoxy groups -OCH3 is 1. The zero-order chi connectivity index (χ0) is 18.6. The maximum absolute atomic E-state index is 12.9. The maximum atomic E-state index is 12.9. The van der Waals surface area contributed by atoms with Crippen LogP contribution in [0.2, 0.25) is 0 Å². The predicted octanol–water partition coefficient (Wildman–Crippen LogP) is 3.16. The van der Waals surface area contributed by atoms with E-state index in [4.69, 9.17) is 4.74 Å². The number of allylic oxidation sites excluding steroid dienone is 2. The third-order valence-corrected chi connectivity index (χ3v) is 6.92. The van der Waals surface area contributed by atoms with E-state index in [0.717, 1.165) is 32.1 Å². The molecule has 7 heteroatoms.